The molecular weight excluding hydrogens is 280 g/mol. The highest BCUT2D eigenvalue weighted by molar-refractivity contribution is 6.33. The van der Waals surface area contributed by atoms with Gasteiger partial charge in [-0.3, -0.25) is 4.90 Å². The molecule has 2 aliphatic carbocycles. The van der Waals surface area contributed by atoms with Crippen LogP contribution in [0, 0.1) is 17.8 Å². The van der Waals surface area contributed by atoms with E-state index < -0.39 is 0 Å². The summed E-state index contributed by atoms with van der Waals surface area (Å²) in [5.74, 6) is 2.67. The SMILES string of the molecule is Clc1ccccc1N1CCN(C[C@H]2C[C@H]3C=C[C@H]2C3)CC1. The highest BCUT2D eigenvalue weighted by Crippen LogP contribution is 2.43. The lowest BCUT2D eigenvalue weighted by molar-refractivity contribution is 0.204. The topological polar surface area (TPSA) is 6.48 Å². The van der Waals surface area contributed by atoms with Gasteiger partial charge in [-0.05, 0) is 42.7 Å². The molecule has 3 atom stereocenters. The maximum absolute atomic E-state index is 6.31. The van der Waals surface area contributed by atoms with Gasteiger partial charge in [-0.2, -0.15) is 0 Å². The maximum atomic E-state index is 6.31. The fourth-order valence-corrected chi connectivity index (χ4v) is 4.57. The molecule has 0 radical (unpaired) electrons. The molecule has 1 saturated heterocycles. The second kappa shape index (κ2) is 5.66. The number of allylic oxidation sites excluding steroid dienone is 2. The monoisotopic (exact) mass is 302 g/mol. The van der Waals surface area contributed by atoms with E-state index in [0.717, 1.165) is 35.9 Å². The normalized spacial score (nSPS) is 32.0. The lowest BCUT2D eigenvalue weighted by Gasteiger charge is -2.38. The fraction of sp³-hybridized carbons (Fsp3) is 0.556. The second-order valence-electron chi connectivity index (χ2n) is 6.78. The van der Waals surface area contributed by atoms with Gasteiger partial charge in [0.25, 0.3) is 0 Å². The van der Waals surface area contributed by atoms with E-state index in [1.54, 1.807) is 0 Å². The summed E-state index contributed by atoms with van der Waals surface area (Å²) in [5, 5.41) is 0.879. The Labute approximate surface area is 132 Å². The highest BCUT2D eigenvalue weighted by atomic mass is 35.5. The maximum Gasteiger partial charge on any atom is 0.0639 e. The van der Waals surface area contributed by atoms with Gasteiger partial charge in [-0.1, -0.05) is 35.9 Å². The van der Waals surface area contributed by atoms with E-state index in [2.05, 4.69) is 34.1 Å². The quantitative estimate of drug-likeness (QED) is 0.786. The lowest BCUT2D eigenvalue weighted by atomic mass is 9.93. The number of hydrogen-bond acceptors (Lipinski definition) is 2. The summed E-state index contributed by atoms with van der Waals surface area (Å²) in [4.78, 5) is 5.09. The molecule has 4 rings (SSSR count). The van der Waals surface area contributed by atoms with E-state index in [9.17, 15) is 0 Å². The van der Waals surface area contributed by atoms with Crippen molar-refractivity contribution >= 4 is 17.3 Å². The van der Waals surface area contributed by atoms with Crippen molar-refractivity contribution in [2.75, 3.05) is 37.6 Å². The van der Waals surface area contributed by atoms with Gasteiger partial charge < -0.3 is 4.90 Å². The summed E-state index contributed by atoms with van der Waals surface area (Å²) >= 11 is 6.31. The third kappa shape index (κ3) is 2.72. The molecule has 1 aromatic rings. The summed E-state index contributed by atoms with van der Waals surface area (Å²) in [7, 11) is 0. The van der Waals surface area contributed by atoms with Crippen LogP contribution in [-0.4, -0.2) is 37.6 Å². The van der Waals surface area contributed by atoms with Crippen LogP contribution in [0.25, 0.3) is 0 Å². The minimum absolute atomic E-state index is 0.872. The van der Waals surface area contributed by atoms with Gasteiger partial charge >= 0.3 is 0 Å². The van der Waals surface area contributed by atoms with Crippen molar-refractivity contribution in [3.8, 4) is 0 Å². The van der Waals surface area contributed by atoms with Gasteiger partial charge in [0, 0.05) is 32.7 Å². The molecule has 0 unspecified atom stereocenters. The largest absolute Gasteiger partial charge is 0.368 e. The molecule has 112 valence electrons. The Morgan fingerprint density at radius 1 is 1.00 bits per heavy atom. The minimum atomic E-state index is 0.872. The summed E-state index contributed by atoms with van der Waals surface area (Å²) in [6.07, 6.45) is 7.76. The number of nitrogens with zero attached hydrogens (tertiary/aromatic N) is 2. The molecular formula is C18H23ClN2. The summed E-state index contributed by atoms with van der Waals surface area (Å²) in [6, 6.07) is 8.21. The van der Waals surface area contributed by atoms with E-state index in [-0.39, 0.29) is 0 Å². The first-order valence-corrected chi connectivity index (χ1v) is 8.57. The zero-order valence-corrected chi connectivity index (χ0v) is 13.2. The molecule has 3 aliphatic rings. The van der Waals surface area contributed by atoms with Crippen molar-refractivity contribution in [3.63, 3.8) is 0 Å². The third-order valence-electron chi connectivity index (χ3n) is 5.47. The van der Waals surface area contributed by atoms with Crippen LogP contribution < -0.4 is 4.90 Å². The Morgan fingerprint density at radius 2 is 1.81 bits per heavy atom. The van der Waals surface area contributed by atoms with E-state index >= 15 is 0 Å². The Balaban J connectivity index is 1.33. The molecule has 0 N–H and O–H groups in total. The highest BCUT2D eigenvalue weighted by Gasteiger charge is 2.36. The summed E-state index contributed by atoms with van der Waals surface area (Å²) in [5.41, 5.74) is 1.20. The van der Waals surface area contributed by atoms with Gasteiger partial charge in [0.1, 0.15) is 0 Å². The third-order valence-corrected chi connectivity index (χ3v) is 5.79. The van der Waals surface area contributed by atoms with Crippen molar-refractivity contribution in [1.82, 2.24) is 4.90 Å². The van der Waals surface area contributed by atoms with E-state index in [4.69, 9.17) is 11.6 Å². The lowest BCUT2D eigenvalue weighted by Crippen LogP contribution is -2.48. The molecule has 2 nitrogen and oxygen atoms in total. The summed E-state index contributed by atoms with van der Waals surface area (Å²) < 4.78 is 0. The van der Waals surface area contributed by atoms with Crippen molar-refractivity contribution in [1.29, 1.82) is 0 Å². The number of fused-ring (bicyclic) bond motifs is 2. The van der Waals surface area contributed by atoms with Crippen LogP contribution in [0.1, 0.15) is 12.8 Å². The van der Waals surface area contributed by atoms with Gasteiger partial charge in [0.05, 0.1) is 10.7 Å². The first-order valence-electron chi connectivity index (χ1n) is 8.20. The predicted octanol–water partition coefficient (Wildman–Crippen LogP) is 3.67. The Hall–Kier alpha value is -0.990. The van der Waals surface area contributed by atoms with Gasteiger partial charge in [-0.15, -0.1) is 0 Å². The minimum Gasteiger partial charge on any atom is -0.368 e. The van der Waals surface area contributed by atoms with Crippen molar-refractivity contribution < 1.29 is 0 Å². The number of halogens is 1. The summed E-state index contributed by atoms with van der Waals surface area (Å²) in [6.45, 7) is 5.83. The average Bonchev–Trinajstić information content (AvgIpc) is 3.11. The Morgan fingerprint density at radius 3 is 2.48 bits per heavy atom. The molecule has 21 heavy (non-hydrogen) atoms. The van der Waals surface area contributed by atoms with Crippen LogP contribution in [0.3, 0.4) is 0 Å². The molecule has 1 aromatic carbocycles. The zero-order chi connectivity index (χ0) is 14.2. The standard InChI is InChI=1S/C18H23ClN2/c19-17-3-1-2-4-18(17)21-9-7-20(8-10-21)13-16-12-14-5-6-15(16)11-14/h1-6,14-16H,7-13H2/t14-,15-,16+/m0/s1. The van der Waals surface area contributed by atoms with Crippen LogP contribution >= 0.6 is 11.6 Å². The number of rotatable bonds is 3. The molecule has 3 heteroatoms. The number of para-hydroxylation sites is 1. The van der Waals surface area contributed by atoms with Crippen LogP contribution in [0.15, 0.2) is 36.4 Å². The Kier molecular flexibility index (Phi) is 3.68. The van der Waals surface area contributed by atoms with E-state index in [1.807, 2.05) is 12.1 Å². The van der Waals surface area contributed by atoms with Crippen LogP contribution in [0.4, 0.5) is 5.69 Å². The van der Waals surface area contributed by atoms with Crippen molar-refractivity contribution in [2.24, 2.45) is 17.8 Å². The van der Waals surface area contributed by atoms with Gasteiger partial charge in [0.2, 0.25) is 0 Å². The van der Waals surface area contributed by atoms with Crippen LogP contribution in [0.2, 0.25) is 5.02 Å². The number of anilines is 1. The average molecular weight is 303 g/mol. The van der Waals surface area contributed by atoms with E-state index in [1.165, 1.54) is 38.2 Å². The molecule has 0 aromatic heterocycles. The molecule has 1 saturated carbocycles. The molecule has 0 amide bonds. The first-order chi connectivity index (χ1) is 10.3. The smallest absolute Gasteiger partial charge is 0.0639 e. The Bertz CT molecular complexity index is 534. The van der Waals surface area contributed by atoms with Crippen LogP contribution in [-0.2, 0) is 0 Å². The molecule has 2 fully saturated rings. The van der Waals surface area contributed by atoms with Gasteiger partial charge in [-0.25, -0.2) is 0 Å². The van der Waals surface area contributed by atoms with E-state index in [0.29, 0.717) is 0 Å². The predicted molar refractivity (Wildman–Crippen MR) is 88.9 cm³/mol. The molecule has 0 spiro atoms. The van der Waals surface area contributed by atoms with Gasteiger partial charge in [0.15, 0.2) is 0 Å². The fourth-order valence-electron chi connectivity index (χ4n) is 4.32. The van der Waals surface area contributed by atoms with Crippen molar-refractivity contribution in [2.45, 2.75) is 12.8 Å². The second-order valence-corrected chi connectivity index (χ2v) is 7.19. The molecule has 2 bridgehead atoms. The molecule has 1 heterocycles. The number of benzene rings is 1. The number of piperazine rings is 1. The van der Waals surface area contributed by atoms with Crippen molar-refractivity contribution in [3.05, 3.63) is 41.4 Å². The first kappa shape index (κ1) is 13.7. The number of hydrogen-bond donors (Lipinski definition) is 0. The molecule has 1 aliphatic heterocycles. The van der Waals surface area contributed by atoms with Crippen LogP contribution in [0.5, 0.6) is 0 Å². The zero-order valence-electron chi connectivity index (χ0n) is 12.4.